The zero-order chi connectivity index (χ0) is 19.9. The van der Waals surface area contributed by atoms with Crippen LogP contribution in [0.15, 0.2) is 97.3 Å². The number of aromatic nitrogens is 4. The molecule has 6 rings (SSSR count). The fraction of sp³-hybridized carbons (Fsp3) is 0. The predicted molar refractivity (Wildman–Crippen MR) is 121 cm³/mol. The fourth-order valence-corrected chi connectivity index (χ4v) is 3.91. The largest absolute Gasteiger partial charge is 0.256 e. The maximum atomic E-state index is 4.97. The molecule has 30 heavy (non-hydrogen) atoms. The second-order valence-corrected chi connectivity index (χ2v) is 7.20. The van der Waals surface area contributed by atoms with Crippen LogP contribution in [0.4, 0.5) is 0 Å². The van der Waals surface area contributed by atoms with E-state index in [1.54, 1.807) is 6.20 Å². The summed E-state index contributed by atoms with van der Waals surface area (Å²) < 4.78 is 0. The van der Waals surface area contributed by atoms with Crippen molar-refractivity contribution in [3.05, 3.63) is 97.3 Å². The minimum atomic E-state index is 0.810. The highest BCUT2D eigenvalue weighted by Crippen LogP contribution is 2.35. The van der Waals surface area contributed by atoms with Gasteiger partial charge in [0.25, 0.3) is 0 Å². The topological polar surface area (TPSA) is 51.6 Å². The highest BCUT2D eigenvalue weighted by molar-refractivity contribution is 6.00. The molecule has 0 aliphatic heterocycles. The Morgan fingerprint density at radius 2 is 1.33 bits per heavy atom. The van der Waals surface area contributed by atoms with E-state index >= 15 is 0 Å². The number of benzene rings is 2. The Kier molecular flexibility index (Phi) is 3.74. The second-order valence-electron chi connectivity index (χ2n) is 7.20. The molecule has 4 heterocycles. The van der Waals surface area contributed by atoms with E-state index in [4.69, 9.17) is 15.0 Å². The van der Waals surface area contributed by atoms with Gasteiger partial charge in [0.1, 0.15) is 0 Å². The summed E-state index contributed by atoms with van der Waals surface area (Å²) >= 11 is 0. The van der Waals surface area contributed by atoms with Crippen LogP contribution in [0.2, 0.25) is 0 Å². The van der Waals surface area contributed by atoms with Crippen LogP contribution in [-0.4, -0.2) is 19.9 Å². The molecule has 0 spiro atoms. The molecular weight excluding hydrogens is 368 g/mol. The van der Waals surface area contributed by atoms with Crippen molar-refractivity contribution in [2.45, 2.75) is 0 Å². The number of nitrogens with zero attached hydrogens (tertiary/aromatic N) is 4. The first-order valence-electron chi connectivity index (χ1n) is 9.83. The number of pyridine rings is 4. The minimum absolute atomic E-state index is 0.810. The first-order valence-corrected chi connectivity index (χ1v) is 9.83. The van der Waals surface area contributed by atoms with Crippen molar-refractivity contribution in [1.29, 1.82) is 0 Å². The van der Waals surface area contributed by atoms with E-state index < -0.39 is 0 Å². The lowest BCUT2D eigenvalue weighted by molar-refractivity contribution is 1.28. The Morgan fingerprint density at radius 3 is 2.30 bits per heavy atom. The number of hydrogen-bond acceptors (Lipinski definition) is 4. The van der Waals surface area contributed by atoms with Crippen LogP contribution in [-0.2, 0) is 0 Å². The average molecular weight is 384 g/mol. The van der Waals surface area contributed by atoms with E-state index in [0.717, 1.165) is 55.4 Å². The van der Waals surface area contributed by atoms with Crippen molar-refractivity contribution in [2.75, 3.05) is 0 Å². The fourth-order valence-electron chi connectivity index (χ4n) is 3.91. The minimum Gasteiger partial charge on any atom is -0.256 e. The molecule has 6 aromatic rings. The van der Waals surface area contributed by atoms with Crippen molar-refractivity contribution in [2.24, 2.45) is 0 Å². The molecule has 0 amide bonds. The Labute approximate surface area is 172 Å². The normalized spacial score (nSPS) is 11.3. The Bertz CT molecular complexity index is 1550. The van der Waals surface area contributed by atoms with Crippen LogP contribution in [0.1, 0.15) is 0 Å². The molecule has 0 atom stereocenters. The van der Waals surface area contributed by atoms with Gasteiger partial charge in [0.15, 0.2) is 0 Å². The lowest BCUT2D eigenvalue weighted by Gasteiger charge is -2.12. The smallest absolute Gasteiger partial charge is 0.0989 e. The van der Waals surface area contributed by atoms with Gasteiger partial charge in [-0.1, -0.05) is 48.5 Å². The summed E-state index contributed by atoms with van der Waals surface area (Å²) in [5.41, 5.74) is 6.08. The van der Waals surface area contributed by atoms with E-state index in [0.29, 0.717) is 0 Å². The van der Waals surface area contributed by atoms with Crippen LogP contribution in [0.25, 0.3) is 55.4 Å². The average Bonchev–Trinajstić information content (AvgIpc) is 2.82. The van der Waals surface area contributed by atoms with Gasteiger partial charge in [-0.25, -0.2) is 9.97 Å². The molecule has 0 aliphatic rings. The molecule has 0 bridgehead atoms. The summed E-state index contributed by atoms with van der Waals surface area (Å²) in [6, 6.07) is 28.5. The van der Waals surface area contributed by atoms with Crippen LogP contribution >= 0.6 is 0 Å². The number of para-hydroxylation sites is 1. The van der Waals surface area contributed by atoms with Gasteiger partial charge in [0.2, 0.25) is 0 Å². The van der Waals surface area contributed by atoms with Crippen molar-refractivity contribution >= 4 is 32.7 Å². The summed E-state index contributed by atoms with van der Waals surface area (Å²) in [5.74, 6) is 0. The Balaban J connectivity index is 1.70. The second kappa shape index (κ2) is 6.71. The lowest BCUT2D eigenvalue weighted by Crippen LogP contribution is -1.96. The standard InChI is InChI=1S/C26H16N4/c1-3-8-19-17(6-1)13-15-28-25(19)20-16-24-22(10-5-14-27-24)30-26(20)23-12-11-18-7-2-4-9-21(18)29-23/h1-16H. The Morgan fingerprint density at radius 1 is 0.500 bits per heavy atom. The molecule has 0 unspecified atom stereocenters. The van der Waals surface area contributed by atoms with Gasteiger partial charge >= 0.3 is 0 Å². The summed E-state index contributed by atoms with van der Waals surface area (Å²) in [4.78, 5) is 19.1. The van der Waals surface area contributed by atoms with Crippen molar-refractivity contribution < 1.29 is 0 Å². The van der Waals surface area contributed by atoms with Gasteiger partial charge in [-0.05, 0) is 41.8 Å². The summed E-state index contributed by atoms with van der Waals surface area (Å²) in [7, 11) is 0. The van der Waals surface area contributed by atoms with E-state index in [1.807, 2.05) is 60.8 Å². The van der Waals surface area contributed by atoms with Crippen LogP contribution in [0, 0.1) is 0 Å². The molecule has 0 fully saturated rings. The molecule has 0 N–H and O–H groups in total. The number of hydrogen-bond donors (Lipinski definition) is 0. The van der Waals surface area contributed by atoms with Crippen LogP contribution < -0.4 is 0 Å². The molecule has 140 valence electrons. The van der Waals surface area contributed by atoms with Crippen molar-refractivity contribution in [3.8, 4) is 22.6 Å². The monoisotopic (exact) mass is 384 g/mol. The first kappa shape index (κ1) is 16.7. The molecule has 0 aliphatic carbocycles. The Hall–Kier alpha value is -4.18. The molecule has 4 aromatic heterocycles. The molecular formula is C26H16N4. The van der Waals surface area contributed by atoms with Crippen LogP contribution in [0.5, 0.6) is 0 Å². The molecule has 0 radical (unpaired) electrons. The molecule has 0 saturated carbocycles. The highest BCUT2D eigenvalue weighted by atomic mass is 14.8. The van der Waals surface area contributed by atoms with Crippen LogP contribution in [0.3, 0.4) is 0 Å². The third kappa shape index (κ3) is 2.70. The SMILES string of the molecule is c1ccc2nc(-c3nc4cccnc4cc3-c3nccc4ccccc34)ccc2c1. The maximum Gasteiger partial charge on any atom is 0.0989 e. The van der Waals surface area contributed by atoms with Crippen molar-refractivity contribution in [1.82, 2.24) is 19.9 Å². The molecule has 2 aromatic carbocycles. The highest BCUT2D eigenvalue weighted by Gasteiger charge is 2.16. The predicted octanol–water partition coefficient (Wildman–Crippen LogP) is 6.06. The number of rotatable bonds is 2. The zero-order valence-corrected chi connectivity index (χ0v) is 16.0. The van der Waals surface area contributed by atoms with Gasteiger partial charge in [0, 0.05) is 28.7 Å². The maximum absolute atomic E-state index is 4.97. The zero-order valence-electron chi connectivity index (χ0n) is 16.0. The summed E-state index contributed by atoms with van der Waals surface area (Å²) in [6.45, 7) is 0. The van der Waals surface area contributed by atoms with E-state index in [9.17, 15) is 0 Å². The molecule has 4 heteroatoms. The van der Waals surface area contributed by atoms with Crippen molar-refractivity contribution in [3.63, 3.8) is 0 Å². The molecule has 0 saturated heterocycles. The quantitative estimate of drug-likeness (QED) is 0.364. The van der Waals surface area contributed by atoms with E-state index in [2.05, 4.69) is 35.3 Å². The van der Waals surface area contributed by atoms with Gasteiger partial charge in [-0.3, -0.25) is 9.97 Å². The summed E-state index contributed by atoms with van der Waals surface area (Å²) in [6.07, 6.45) is 3.64. The van der Waals surface area contributed by atoms with Gasteiger partial charge in [-0.15, -0.1) is 0 Å². The third-order valence-electron chi connectivity index (χ3n) is 5.35. The van der Waals surface area contributed by atoms with E-state index in [-0.39, 0.29) is 0 Å². The van der Waals surface area contributed by atoms with Gasteiger partial charge in [0.05, 0.1) is 33.6 Å². The first-order chi connectivity index (χ1) is 14.9. The third-order valence-corrected chi connectivity index (χ3v) is 5.35. The van der Waals surface area contributed by atoms with Gasteiger partial charge in [-0.2, -0.15) is 0 Å². The lowest BCUT2D eigenvalue weighted by atomic mass is 10.00. The van der Waals surface area contributed by atoms with Gasteiger partial charge < -0.3 is 0 Å². The molecule has 4 nitrogen and oxygen atoms in total. The summed E-state index contributed by atoms with van der Waals surface area (Å²) in [5, 5.41) is 3.33. The number of fused-ring (bicyclic) bond motifs is 3. The van der Waals surface area contributed by atoms with E-state index in [1.165, 1.54) is 0 Å².